The molecule has 1 unspecified atom stereocenters. The Hall–Kier alpha value is -1.36. The summed E-state index contributed by atoms with van der Waals surface area (Å²) < 4.78 is 0. The van der Waals surface area contributed by atoms with Gasteiger partial charge in [0.1, 0.15) is 6.04 Å². The van der Waals surface area contributed by atoms with Gasteiger partial charge in [0, 0.05) is 5.33 Å². The molecule has 1 amide bonds. The SMILES string of the molecule is O=C(Cc1ccccc1)NC(CCBr)C(=O)O. The van der Waals surface area contributed by atoms with Gasteiger partial charge >= 0.3 is 5.97 Å². The molecule has 1 rings (SSSR count). The second-order valence-electron chi connectivity index (χ2n) is 3.60. The number of carboxylic acids is 1. The highest BCUT2D eigenvalue weighted by atomic mass is 79.9. The number of aliphatic carboxylic acids is 1. The lowest BCUT2D eigenvalue weighted by atomic mass is 10.1. The van der Waals surface area contributed by atoms with Gasteiger partial charge in [-0.1, -0.05) is 46.3 Å². The number of nitrogens with one attached hydrogen (secondary N) is 1. The smallest absolute Gasteiger partial charge is 0.326 e. The van der Waals surface area contributed by atoms with Gasteiger partial charge in [-0.05, 0) is 12.0 Å². The number of carbonyl (C=O) groups is 2. The molecule has 5 heteroatoms. The van der Waals surface area contributed by atoms with Gasteiger partial charge in [0.15, 0.2) is 0 Å². The van der Waals surface area contributed by atoms with Crippen LogP contribution in [0.4, 0.5) is 0 Å². The molecule has 0 aromatic heterocycles. The quantitative estimate of drug-likeness (QED) is 0.784. The number of amides is 1. The summed E-state index contributed by atoms with van der Waals surface area (Å²) in [5, 5.41) is 11.9. The van der Waals surface area contributed by atoms with Crippen LogP contribution in [0.1, 0.15) is 12.0 Å². The van der Waals surface area contributed by atoms with E-state index in [2.05, 4.69) is 21.2 Å². The van der Waals surface area contributed by atoms with Gasteiger partial charge < -0.3 is 10.4 Å². The molecule has 4 nitrogen and oxygen atoms in total. The molecule has 17 heavy (non-hydrogen) atoms. The highest BCUT2D eigenvalue weighted by molar-refractivity contribution is 9.09. The van der Waals surface area contributed by atoms with Crippen LogP contribution in [0, 0.1) is 0 Å². The third-order valence-corrected chi connectivity index (χ3v) is 2.70. The molecule has 1 aromatic rings. The molecule has 0 spiro atoms. The molecule has 0 bridgehead atoms. The highest BCUT2D eigenvalue weighted by Crippen LogP contribution is 2.01. The maximum Gasteiger partial charge on any atom is 0.326 e. The van der Waals surface area contributed by atoms with Gasteiger partial charge in [-0.25, -0.2) is 4.79 Å². The van der Waals surface area contributed by atoms with Crippen LogP contribution in [0.25, 0.3) is 0 Å². The minimum atomic E-state index is -1.01. The largest absolute Gasteiger partial charge is 0.480 e. The Kier molecular flexibility index (Phi) is 5.69. The van der Waals surface area contributed by atoms with Crippen molar-refractivity contribution >= 4 is 27.8 Å². The van der Waals surface area contributed by atoms with Gasteiger partial charge in [0.2, 0.25) is 5.91 Å². The molecule has 0 saturated heterocycles. The number of carboxylic acid groups (broad SMARTS) is 1. The minimum Gasteiger partial charge on any atom is -0.480 e. The first-order valence-electron chi connectivity index (χ1n) is 5.25. The molecule has 0 heterocycles. The van der Waals surface area contributed by atoms with Crippen LogP contribution < -0.4 is 5.32 Å². The fraction of sp³-hybridized carbons (Fsp3) is 0.333. The van der Waals surface area contributed by atoms with Crippen LogP contribution >= 0.6 is 15.9 Å². The predicted octanol–water partition coefficient (Wildman–Crippen LogP) is 1.58. The molecule has 0 radical (unpaired) electrons. The van der Waals surface area contributed by atoms with Crippen molar-refractivity contribution < 1.29 is 14.7 Å². The van der Waals surface area contributed by atoms with Crippen molar-refractivity contribution in [1.82, 2.24) is 5.32 Å². The first kappa shape index (κ1) is 13.7. The summed E-state index contributed by atoms with van der Waals surface area (Å²) in [6.07, 6.45) is 0.572. The van der Waals surface area contributed by atoms with Gasteiger partial charge in [-0.3, -0.25) is 4.79 Å². The first-order chi connectivity index (χ1) is 8.13. The molecular formula is C12H14BrNO3. The third kappa shape index (κ3) is 4.99. The Morgan fingerprint density at radius 2 is 1.94 bits per heavy atom. The molecule has 0 saturated carbocycles. The standard InChI is InChI=1S/C12H14BrNO3/c13-7-6-10(12(16)17)14-11(15)8-9-4-2-1-3-5-9/h1-5,10H,6-8H2,(H,14,15)(H,16,17). The van der Waals surface area contributed by atoms with Crippen molar-refractivity contribution in [2.45, 2.75) is 18.9 Å². The lowest BCUT2D eigenvalue weighted by molar-refractivity contribution is -0.141. The second-order valence-corrected chi connectivity index (χ2v) is 4.39. The Balaban J connectivity index is 2.51. The number of rotatable bonds is 6. The second kappa shape index (κ2) is 7.06. The fourth-order valence-corrected chi connectivity index (χ4v) is 1.85. The van der Waals surface area contributed by atoms with E-state index in [0.29, 0.717) is 11.8 Å². The Morgan fingerprint density at radius 3 is 2.47 bits per heavy atom. The molecule has 0 aliphatic carbocycles. The third-order valence-electron chi connectivity index (χ3n) is 2.24. The van der Waals surface area contributed by atoms with Gasteiger partial charge in [-0.2, -0.15) is 0 Å². The Bertz CT molecular complexity index is 381. The van der Waals surface area contributed by atoms with Crippen LogP contribution in [-0.2, 0) is 16.0 Å². The summed E-state index contributed by atoms with van der Waals surface area (Å²) >= 11 is 3.16. The number of hydrogen-bond donors (Lipinski definition) is 2. The van der Waals surface area contributed by atoms with Crippen LogP contribution in [0.15, 0.2) is 30.3 Å². The zero-order chi connectivity index (χ0) is 12.7. The summed E-state index contributed by atoms with van der Waals surface area (Å²) in [6.45, 7) is 0. The average Bonchev–Trinajstić information content (AvgIpc) is 2.29. The van der Waals surface area contributed by atoms with Crippen molar-refractivity contribution in [2.75, 3.05) is 5.33 Å². The van der Waals surface area contributed by atoms with Gasteiger partial charge in [0.25, 0.3) is 0 Å². The van der Waals surface area contributed by atoms with E-state index < -0.39 is 12.0 Å². The van der Waals surface area contributed by atoms with Crippen molar-refractivity contribution in [3.05, 3.63) is 35.9 Å². The van der Waals surface area contributed by atoms with E-state index in [9.17, 15) is 9.59 Å². The maximum atomic E-state index is 11.6. The normalized spacial score (nSPS) is 11.8. The average molecular weight is 300 g/mol. The molecular weight excluding hydrogens is 286 g/mol. The number of benzene rings is 1. The van der Waals surface area contributed by atoms with Gasteiger partial charge in [-0.15, -0.1) is 0 Å². The topological polar surface area (TPSA) is 66.4 Å². The van der Waals surface area contributed by atoms with Gasteiger partial charge in [0.05, 0.1) is 6.42 Å². The number of carbonyl (C=O) groups excluding carboxylic acids is 1. The van der Waals surface area contributed by atoms with Crippen LogP contribution in [0.2, 0.25) is 0 Å². The van der Waals surface area contributed by atoms with Crippen LogP contribution in [0.5, 0.6) is 0 Å². The monoisotopic (exact) mass is 299 g/mol. The lowest BCUT2D eigenvalue weighted by Gasteiger charge is -2.13. The summed E-state index contributed by atoms with van der Waals surface area (Å²) in [6, 6.07) is 8.39. The number of hydrogen-bond acceptors (Lipinski definition) is 2. The number of alkyl halides is 1. The molecule has 2 N–H and O–H groups in total. The van der Waals surface area contributed by atoms with E-state index in [1.165, 1.54) is 0 Å². The van der Waals surface area contributed by atoms with E-state index in [1.54, 1.807) is 0 Å². The molecule has 0 fully saturated rings. The number of halogens is 1. The molecule has 1 atom stereocenters. The van der Waals surface area contributed by atoms with Crippen LogP contribution in [0.3, 0.4) is 0 Å². The van der Waals surface area contributed by atoms with Crippen LogP contribution in [-0.4, -0.2) is 28.4 Å². The minimum absolute atomic E-state index is 0.201. The van der Waals surface area contributed by atoms with E-state index in [0.717, 1.165) is 5.56 Å². The van der Waals surface area contributed by atoms with E-state index >= 15 is 0 Å². The van der Waals surface area contributed by atoms with E-state index in [1.807, 2.05) is 30.3 Å². The predicted molar refractivity (Wildman–Crippen MR) is 68.1 cm³/mol. The Labute approximate surface area is 108 Å². The zero-order valence-electron chi connectivity index (χ0n) is 9.23. The van der Waals surface area contributed by atoms with E-state index in [4.69, 9.17) is 5.11 Å². The Morgan fingerprint density at radius 1 is 1.29 bits per heavy atom. The fourth-order valence-electron chi connectivity index (χ4n) is 1.39. The van der Waals surface area contributed by atoms with Crippen molar-refractivity contribution in [2.24, 2.45) is 0 Å². The molecule has 92 valence electrons. The summed E-state index contributed by atoms with van der Waals surface area (Å²) in [4.78, 5) is 22.5. The van der Waals surface area contributed by atoms with E-state index in [-0.39, 0.29) is 12.3 Å². The van der Waals surface area contributed by atoms with Crippen molar-refractivity contribution in [3.8, 4) is 0 Å². The van der Waals surface area contributed by atoms with Crippen molar-refractivity contribution in [1.29, 1.82) is 0 Å². The molecule has 0 aliphatic heterocycles. The summed E-state index contributed by atoms with van der Waals surface area (Å²) in [7, 11) is 0. The molecule has 0 aliphatic rings. The highest BCUT2D eigenvalue weighted by Gasteiger charge is 2.18. The lowest BCUT2D eigenvalue weighted by Crippen LogP contribution is -2.41. The maximum absolute atomic E-state index is 11.6. The first-order valence-corrected chi connectivity index (χ1v) is 6.37. The zero-order valence-corrected chi connectivity index (χ0v) is 10.8. The summed E-state index contributed by atoms with van der Waals surface area (Å²) in [5.74, 6) is -1.28. The summed E-state index contributed by atoms with van der Waals surface area (Å²) in [5.41, 5.74) is 0.869. The molecule has 1 aromatic carbocycles. The van der Waals surface area contributed by atoms with Crippen molar-refractivity contribution in [3.63, 3.8) is 0 Å².